The quantitative estimate of drug-likeness (QED) is 0.471. The summed E-state index contributed by atoms with van der Waals surface area (Å²) in [7, 11) is 0. The van der Waals surface area contributed by atoms with Crippen LogP contribution in [0.25, 0.3) is 10.9 Å². The van der Waals surface area contributed by atoms with Crippen LogP contribution in [0.4, 0.5) is 11.5 Å². The molecule has 0 radical (unpaired) electrons. The zero-order chi connectivity index (χ0) is 20.1. The molecule has 29 heavy (non-hydrogen) atoms. The monoisotopic (exact) mass is 382 g/mol. The average molecular weight is 382 g/mol. The van der Waals surface area contributed by atoms with Crippen LogP contribution in [-0.2, 0) is 6.42 Å². The number of aromatic nitrogens is 3. The molecule has 0 atom stereocenters. The second-order valence-corrected chi connectivity index (χ2v) is 6.47. The molecule has 7 nitrogen and oxygen atoms in total. The van der Waals surface area contributed by atoms with Crippen LogP contribution in [0.5, 0.6) is 0 Å². The number of nitriles is 1. The van der Waals surface area contributed by atoms with E-state index in [0.717, 1.165) is 11.9 Å². The van der Waals surface area contributed by atoms with Crippen LogP contribution < -0.4 is 10.6 Å². The van der Waals surface area contributed by atoms with E-state index in [1.165, 1.54) is 23.3 Å². The van der Waals surface area contributed by atoms with Crippen LogP contribution in [0.3, 0.4) is 0 Å². The highest BCUT2D eigenvalue weighted by molar-refractivity contribution is 6.02. The fourth-order valence-electron chi connectivity index (χ4n) is 3.06. The summed E-state index contributed by atoms with van der Waals surface area (Å²) < 4.78 is 0. The standard InChI is InChI=1S/C22H18N6O/c23-11-15-4-3-5-17(10-15)28-22(29)20-13-27-21(14-26-20)24-9-8-16-12-25-19-7-2-1-6-18(16)19/h1-7,10,12-14,25H,8-9H2,(H,24,27)(H,28,29). The molecule has 1 amide bonds. The second kappa shape index (κ2) is 8.23. The molecule has 7 heteroatoms. The first kappa shape index (κ1) is 18.2. The summed E-state index contributed by atoms with van der Waals surface area (Å²) in [6, 6.07) is 16.9. The van der Waals surface area contributed by atoms with Gasteiger partial charge < -0.3 is 15.6 Å². The zero-order valence-electron chi connectivity index (χ0n) is 15.5. The first-order chi connectivity index (χ1) is 14.2. The number of benzene rings is 2. The van der Waals surface area contributed by atoms with Crippen LogP contribution in [0.2, 0.25) is 0 Å². The van der Waals surface area contributed by atoms with Gasteiger partial charge in [0.15, 0.2) is 0 Å². The Bertz CT molecular complexity index is 1190. The number of H-pyrrole nitrogens is 1. The van der Waals surface area contributed by atoms with Gasteiger partial charge >= 0.3 is 0 Å². The zero-order valence-corrected chi connectivity index (χ0v) is 15.5. The Labute approximate surface area is 167 Å². The van der Waals surface area contributed by atoms with Gasteiger partial charge in [-0.05, 0) is 36.2 Å². The number of carbonyl (C=O) groups is 1. The van der Waals surface area contributed by atoms with E-state index < -0.39 is 0 Å². The van der Waals surface area contributed by atoms with Crippen molar-refractivity contribution >= 4 is 28.3 Å². The van der Waals surface area contributed by atoms with Crippen molar-refractivity contribution in [1.82, 2.24) is 15.0 Å². The summed E-state index contributed by atoms with van der Waals surface area (Å²) in [5, 5.41) is 16.1. The lowest BCUT2D eigenvalue weighted by molar-refractivity contribution is 0.102. The van der Waals surface area contributed by atoms with Gasteiger partial charge in [-0.3, -0.25) is 4.79 Å². The van der Waals surface area contributed by atoms with Crippen LogP contribution in [0.1, 0.15) is 21.6 Å². The summed E-state index contributed by atoms with van der Waals surface area (Å²) in [4.78, 5) is 24.0. The van der Waals surface area contributed by atoms with Gasteiger partial charge in [-0.1, -0.05) is 24.3 Å². The number of rotatable bonds is 6. The summed E-state index contributed by atoms with van der Waals surface area (Å²) in [6.45, 7) is 0.697. The minimum Gasteiger partial charge on any atom is -0.368 e. The van der Waals surface area contributed by atoms with Gasteiger partial charge in [-0.25, -0.2) is 9.97 Å². The molecule has 0 spiro atoms. The fourth-order valence-corrected chi connectivity index (χ4v) is 3.06. The highest BCUT2D eigenvalue weighted by atomic mass is 16.1. The lowest BCUT2D eigenvalue weighted by Gasteiger charge is -2.07. The third-order valence-electron chi connectivity index (χ3n) is 4.51. The molecule has 0 saturated carbocycles. The number of para-hydroxylation sites is 1. The molecule has 2 aromatic heterocycles. The number of amides is 1. The van der Waals surface area contributed by atoms with Crippen molar-refractivity contribution in [3.05, 3.63) is 83.9 Å². The Morgan fingerprint density at radius 1 is 1.10 bits per heavy atom. The maximum atomic E-state index is 12.3. The minimum atomic E-state index is -0.377. The topological polar surface area (TPSA) is 106 Å². The molecule has 3 N–H and O–H groups in total. The van der Waals surface area contributed by atoms with Crippen LogP contribution in [0.15, 0.2) is 67.1 Å². The number of carbonyl (C=O) groups excluding carboxylic acids is 1. The Kier molecular flexibility index (Phi) is 5.16. The van der Waals surface area contributed by atoms with E-state index in [1.807, 2.05) is 24.4 Å². The third kappa shape index (κ3) is 4.22. The lowest BCUT2D eigenvalue weighted by atomic mass is 10.1. The summed E-state index contributed by atoms with van der Waals surface area (Å²) in [5.41, 5.74) is 3.57. The molecule has 0 unspecified atom stereocenters. The van der Waals surface area contributed by atoms with Crippen molar-refractivity contribution in [2.45, 2.75) is 6.42 Å². The van der Waals surface area contributed by atoms with Crippen molar-refractivity contribution < 1.29 is 4.79 Å². The van der Waals surface area contributed by atoms with Crippen molar-refractivity contribution in [3.8, 4) is 6.07 Å². The van der Waals surface area contributed by atoms with E-state index in [4.69, 9.17) is 5.26 Å². The van der Waals surface area contributed by atoms with Gasteiger partial charge in [-0.2, -0.15) is 5.26 Å². The smallest absolute Gasteiger partial charge is 0.275 e. The van der Waals surface area contributed by atoms with Gasteiger partial charge in [0, 0.05) is 29.3 Å². The van der Waals surface area contributed by atoms with E-state index >= 15 is 0 Å². The second-order valence-electron chi connectivity index (χ2n) is 6.47. The Balaban J connectivity index is 1.34. The molecule has 2 heterocycles. The predicted octanol–water partition coefficient (Wildman–Crippen LogP) is 3.74. The molecule has 0 aliphatic rings. The van der Waals surface area contributed by atoms with E-state index in [2.05, 4.69) is 37.7 Å². The first-order valence-electron chi connectivity index (χ1n) is 9.15. The maximum Gasteiger partial charge on any atom is 0.275 e. The van der Waals surface area contributed by atoms with E-state index in [0.29, 0.717) is 23.6 Å². The van der Waals surface area contributed by atoms with Crippen molar-refractivity contribution in [1.29, 1.82) is 5.26 Å². The SMILES string of the molecule is N#Cc1cccc(NC(=O)c2cnc(NCCc3c[nH]c4ccccc34)cn2)c1. The number of hydrogen-bond donors (Lipinski definition) is 3. The largest absolute Gasteiger partial charge is 0.368 e. The molecule has 0 bridgehead atoms. The van der Waals surface area contributed by atoms with Gasteiger partial charge in [0.1, 0.15) is 11.5 Å². The van der Waals surface area contributed by atoms with Gasteiger partial charge in [0.2, 0.25) is 0 Å². The van der Waals surface area contributed by atoms with Crippen LogP contribution in [-0.4, -0.2) is 27.4 Å². The summed E-state index contributed by atoms with van der Waals surface area (Å²) >= 11 is 0. The molecule has 0 aliphatic carbocycles. The molecule has 0 fully saturated rings. The lowest BCUT2D eigenvalue weighted by Crippen LogP contribution is -2.15. The number of anilines is 2. The number of hydrogen-bond acceptors (Lipinski definition) is 5. The molecule has 2 aromatic carbocycles. The van der Waals surface area contributed by atoms with E-state index in [-0.39, 0.29) is 11.6 Å². The van der Waals surface area contributed by atoms with E-state index in [9.17, 15) is 4.79 Å². The van der Waals surface area contributed by atoms with Crippen molar-refractivity contribution in [2.24, 2.45) is 0 Å². The van der Waals surface area contributed by atoms with Crippen LogP contribution >= 0.6 is 0 Å². The summed E-state index contributed by atoms with van der Waals surface area (Å²) in [5.74, 6) is 0.228. The molecule has 0 saturated heterocycles. The molecule has 4 rings (SSSR count). The fraction of sp³-hybridized carbons (Fsp3) is 0.0909. The number of nitrogens with zero attached hydrogens (tertiary/aromatic N) is 3. The Hall–Kier alpha value is -4.18. The third-order valence-corrected chi connectivity index (χ3v) is 4.51. The predicted molar refractivity (Wildman–Crippen MR) is 112 cm³/mol. The normalized spacial score (nSPS) is 10.4. The van der Waals surface area contributed by atoms with E-state index in [1.54, 1.807) is 24.3 Å². The number of nitrogens with one attached hydrogen (secondary N) is 3. The molecule has 4 aromatic rings. The number of aromatic amines is 1. The minimum absolute atomic E-state index is 0.203. The van der Waals surface area contributed by atoms with Crippen molar-refractivity contribution in [2.75, 3.05) is 17.2 Å². The van der Waals surface area contributed by atoms with Gasteiger partial charge in [0.25, 0.3) is 5.91 Å². The maximum absolute atomic E-state index is 12.3. The van der Waals surface area contributed by atoms with Crippen molar-refractivity contribution in [3.63, 3.8) is 0 Å². The Morgan fingerprint density at radius 3 is 2.83 bits per heavy atom. The van der Waals surface area contributed by atoms with Crippen LogP contribution in [0, 0.1) is 11.3 Å². The molecular weight excluding hydrogens is 364 g/mol. The van der Waals surface area contributed by atoms with Gasteiger partial charge in [0.05, 0.1) is 24.0 Å². The average Bonchev–Trinajstić information content (AvgIpc) is 3.17. The highest BCUT2D eigenvalue weighted by Crippen LogP contribution is 2.18. The highest BCUT2D eigenvalue weighted by Gasteiger charge is 2.09. The first-order valence-corrected chi connectivity index (χ1v) is 9.15. The number of fused-ring (bicyclic) bond motifs is 1. The summed E-state index contributed by atoms with van der Waals surface area (Å²) in [6.07, 6.45) is 5.82. The molecular formula is C22H18N6O. The Morgan fingerprint density at radius 2 is 2.00 bits per heavy atom. The molecule has 142 valence electrons. The molecule has 0 aliphatic heterocycles. The van der Waals surface area contributed by atoms with Gasteiger partial charge in [-0.15, -0.1) is 0 Å².